The molecule has 0 spiro atoms. The van der Waals surface area contributed by atoms with Crippen LogP contribution in [0.1, 0.15) is 0 Å². The quantitative estimate of drug-likeness (QED) is 0.490. The second-order valence-corrected chi connectivity index (χ2v) is 2.78. The Labute approximate surface area is 77.5 Å². The minimum atomic E-state index is 0. The molecule has 2 heteroatoms. The Morgan fingerprint density at radius 3 is 2.80 bits per heavy atom. The molecule has 10 heavy (non-hydrogen) atoms. The van der Waals surface area contributed by atoms with Crippen molar-refractivity contribution in [3.05, 3.63) is 35.7 Å². The summed E-state index contributed by atoms with van der Waals surface area (Å²) in [5, 5.41) is 4.37. The monoisotopic (exact) mass is 239 g/mol. The van der Waals surface area contributed by atoms with Crippen LogP contribution in [0, 0.1) is 5.38 Å². The molecule has 1 heterocycles. The van der Waals surface area contributed by atoms with Gasteiger partial charge in [-0.05, 0) is 0 Å². The van der Waals surface area contributed by atoms with Gasteiger partial charge in [-0.15, -0.1) is 22.2 Å². The van der Waals surface area contributed by atoms with E-state index >= 15 is 0 Å². The van der Waals surface area contributed by atoms with E-state index in [1.807, 2.05) is 18.2 Å². The number of hydrogen-bond donors (Lipinski definition) is 0. The van der Waals surface area contributed by atoms with Crippen LogP contribution in [-0.4, -0.2) is 0 Å². The van der Waals surface area contributed by atoms with Gasteiger partial charge in [-0.25, -0.2) is 0 Å². The van der Waals surface area contributed by atoms with E-state index in [1.165, 1.54) is 10.1 Å². The first kappa shape index (κ1) is 7.94. The first-order valence-corrected chi connectivity index (χ1v) is 3.63. The molecule has 54 valence electrons. The van der Waals surface area contributed by atoms with Crippen LogP contribution in [-0.2, 0) is 20.4 Å². The zero-order chi connectivity index (χ0) is 6.10. The molecule has 0 aliphatic rings. The van der Waals surface area contributed by atoms with Gasteiger partial charge in [-0.2, -0.15) is 11.5 Å². The molecule has 0 nitrogen and oxygen atoms in total. The molecule has 2 rings (SSSR count). The topological polar surface area (TPSA) is 0 Å². The largest absolute Gasteiger partial charge is 0.296 e. The van der Waals surface area contributed by atoms with Crippen LogP contribution in [0.15, 0.2) is 30.3 Å². The maximum atomic E-state index is 3.08. The van der Waals surface area contributed by atoms with Gasteiger partial charge < -0.3 is 0 Å². The molecular formula is C8H5PdS-. The third-order valence-corrected chi connectivity index (χ3v) is 2.13. The third kappa shape index (κ3) is 1.29. The van der Waals surface area contributed by atoms with Crippen LogP contribution in [0.25, 0.3) is 10.1 Å². The molecule has 0 radical (unpaired) electrons. The molecule has 0 saturated carbocycles. The Kier molecular flexibility index (Phi) is 2.62. The summed E-state index contributed by atoms with van der Waals surface area (Å²) in [6, 6.07) is 10.3. The molecule has 0 fully saturated rings. The maximum absolute atomic E-state index is 3.08. The number of rotatable bonds is 0. The van der Waals surface area contributed by atoms with Crippen LogP contribution in [0.5, 0.6) is 0 Å². The Hall–Kier alpha value is -0.158. The molecule has 0 aliphatic carbocycles. The average molecular weight is 240 g/mol. The van der Waals surface area contributed by atoms with Gasteiger partial charge in [0, 0.05) is 20.4 Å². The molecule has 2 aromatic rings. The van der Waals surface area contributed by atoms with Crippen molar-refractivity contribution in [2.75, 3.05) is 0 Å². The zero-order valence-corrected chi connectivity index (χ0v) is 7.48. The standard InChI is InChI=1S/C8H5S.Pd/c1-2-4-8-7(3-1)5-6-9-8;/h1-5H;/q-1;. The van der Waals surface area contributed by atoms with Crippen molar-refractivity contribution in [3.8, 4) is 0 Å². The van der Waals surface area contributed by atoms with Crippen LogP contribution in [0.4, 0.5) is 0 Å². The van der Waals surface area contributed by atoms with E-state index in [0.717, 1.165) is 0 Å². The molecule has 1 aromatic heterocycles. The molecule has 0 saturated heterocycles. The first-order valence-electron chi connectivity index (χ1n) is 2.81. The summed E-state index contributed by atoms with van der Waals surface area (Å²) in [4.78, 5) is 0. The maximum Gasteiger partial charge on any atom is 0 e. The van der Waals surface area contributed by atoms with E-state index < -0.39 is 0 Å². The van der Waals surface area contributed by atoms with Crippen molar-refractivity contribution >= 4 is 21.4 Å². The van der Waals surface area contributed by atoms with E-state index in [9.17, 15) is 0 Å². The average Bonchev–Trinajstić information content (AvgIpc) is 2.33. The summed E-state index contributed by atoms with van der Waals surface area (Å²) in [5.74, 6) is 0. The fourth-order valence-electron chi connectivity index (χ4n) is 0.849. The van der Waals surface area contributed by atoms with E-state index in [0.29, 0.717) is 0 Å². The Balaban J connectivity index is 0.000000500. The fourth-order valence-corrected chi connectivity index (χ4v) is 1.55. The molecule has 0 amide bonds. The van der Waals surface area contributed by atoms with E-state index in [2.05, 4.69) is 17.5 Å². The summed E-state index contributed by atoms with van der Waals surface area (Å²) < 4.78 is 1.32. The molecule has 0 bridgehead atoms. The number of fused-ring (bicyclic) bond motifs is 1. The molecule has 0 unspecified atom stereocenters. The minimum Gasteiger partial charge on any atom is -0.296 e. The van der Waals surface area contributed by atoms with Gasteiger partial charge in [0.2, 0.25) is 0 Å². The van der Waals surface area contributed by atoms with E-state index in [-0.39, 0.29) is 20.4 Å². The van der Waals surface area contributed by atoms with Crippen molar-refractivity contribution in [2.24, 2.45) is 0 Å². The smallest absolute Gasteiger partial charge is 0 e. The Morgan fingerprint density at radius 2 is 2.00 bits per heavy atom. The molecule has 0 aliphatic heterocycles. The van der Waals surface area contributed by atoms with Crippen molar-refractivity contribution in [3.63, 3.8) is 0 Å². The summed E-state index contributed by atoms with van der Waals surface area (Å²) in [6.07, 6.45) is 0. The predicted molar refractivity (Wildman–Crippen MR) is 40.7 cm³/mol. The number of hydrogen-bond acceptors (Lipinski definition) is 1. The number of thiophene rings is 1. The summed E-state index contributed by atoms with van der Waals surface area (Å²) in [6.45, 7) is 0. The van der Waals surface area contributed by atoms with Crippen molar-refractivity contribution in [2.45, 2.75) is 0 Å². The van der Waals surface area contributed by atoms with Crippen LogP contribution in [0.3, 0.4) is 0 Å². The van der Waals surface area contributed by atoms with E-state index in [1.54, 1.807) is 11.3 Å². The number of benzene rings is 1. The van der Waals surface area contributed by atoms with Gasteiger partial charge in [0.15, 0.2) is 0 Å². The van der Waals surface area contributed by atoms with Gasteiger partial charge in [0.25, 0.3) is 0 Å². The second kappa shape index (κ2) is 3.30. The van der Waals surface area contributed by atoms with Crippen molar-refractivity contribution in [1.29, 1.82) is 0 Å². The summed E-state index contributed by atoms with van der Waals surface area (Å²) >= 11 is 1.66. The first-order chi connectivity index (χ1) is 4.47. The van der Waals surface area contributed by atoms with E-state index in [4.69, 9.17) is 0 Å². The van der Waals surface area contributed by atoms with Gasteiger partial charge in [-0.3, -0.25) is 11.3 Å². The van der Waals surface area contributed by atoms with Crippen molar-refractivity contribution < 1.29 is 20.4 Å². The third-order valence-electron chi connectivity index (χ3n) is 1.30. The van der Waals surface area contributed by atoms with Gasteiger partial charge in [-0.1, -0.05) is 12.1 Å². The molecule has 0 atom stereocenters. The van der Waals surface area contributed by atoms with Crippen LogP contribution in [0.2, 0.25) is 0 Å². The molecule has 1 aromatic carbocycles. The minimum absolute atomic E-state index is 0. The second-order valence-electron chi connectivity index (χ2n) is 1.90. The van der Waals surface area contributed by atoms with Gasteiger partial charge in [0.1, 0.15) is 0 Å². The van der Waals surface area contributed by atoms with Gasteiger partial charge in [0.05, 0.1) is 0 Å². The fraction of sp³-hybridized carbons (Fsp3) is 0. The Morgan fingerprint density at radius 1 is 1.20 bits per heavy atom. The van der Waals surface area contributed by atoms with Crippen LogP contribution < -0.4 is 0 Å². The predicted octanol–water partition coefficient (Wildman–Crippen LogP) is 2.70. The zero-order valence-electron chi connectivity index (χ0n) is 5.11. The Bertz CT molecular complexity index is 283. The molecule has 0 N–H and O–H groups in total. The summed E-state index contributed by atoms with van der Waals surface area (Å²) in [7, 11) is 0. The molecular weight excluding hydrogens is 235 g/mol. The van der Waals surface area contributed by atoms with Gasteiger partial charge >= 0.3 is 0 Å². The SMILES string of the molecule is [Pd].[c-]1cc2ccccc2s1. The normalized spacial score (nSPS) is 9.20. The van der Waals surface area contributed by atoms with Crippen molar-refractivity contribution in [1.82, 2.24) is 0 Å². The summed E-state index contributed by atoms with van der Waals surface area (Å²) in [5.41, 5.74) is 0. The van der Waals surface area contributed by atoms with Crippen LogP contribution >= 0.6 is 11.3 Å².